The summed E-state index contributed by atoms with van der Waals surface area (Å²) in [6, 6.07) is 13.0. The van der Waals surface area contributed by atoms with Gasteiger partial charge in [0.05, 0.1) is 10.4 Å². The second-order valence-electron chi connectivity index (χ2n) is 5.57. The van der Waals surface area contributed by atoms with E-state index in [2.05, 4.69) is 20.3 Å². The van der Waals surface area contributed by atoms with Crippen LogP contribution in [0.15, 0.2) is 54.9 Å². The van der Waals surface area contributed by atoms with E-state index in [1.165, 1.54) is 4.68 Å². The highest BCUT2D eigenvalue weighted by Crippen LogP contribution is 2.36. The number of carboxylic acid groups (broad SMARTS) is 1. The minimum Gasteiger partial charge on any atom is -0.480 e. The minimum absolute atomic E-state index is 0.316. The van der Waals surface area contributed by atoms with Crippen molar-refractivity contribution in [2.75, 3.05) is 0 Å². The molecule has 1 N–H and O–H groups in total. The molecule has 0 saturated heterocycles. The predicted octanol–water partition coefficient (Wildman–Crippen LogP) is 3.29. The van der Waals surface area contributed by atoms with E-state index < -0.39 is 5.97 Å². The zero-order valence-corrected chi connectivity index (χ0v) is 14.1. The normalized spacial score (nSPS) is 11.0. The van der Waals surface area contributed by atoms with Crippen LogP contribution < -0.4 is 0 Å². The van der Waals surface area contributed by atoms with Crippen molar-refractivity contribution in [3.8, 4) is 22.5 Å². The van der Waals surface area contributed by atoms with Crippen LogP contribution in [0.2, 0.25) is 5.02 Å². The number of aliphatic carboxylic acids is 1. The third-order valence-corrected chi connectivity index (χ3v) is 4.23. The molecule has 0 atom stereocenters. The van der Waals surface area contributed by atoms with Crippen molar-refractivity contribution < 1.29 is 9.90 Å². The number of nitrogens with zero attached hydrogens (tertiary/aromatic N) is 5. The molecular formula is C18H12ClN5O2. The van der Waals surface area contributed by atoms with Crippen LogP contribution in [-0.2, 0) is 11.3 Å². The third-order valence-electron chi connectivity index (χ3n) is 3.86. The number of carbonyl (C=O) groups is 1. The van der Waals surface area contributed by atoms with Gasteiger partial charge in [-0.2, -0.15) is 5.10 Å². The number of carboxylic acids is 1. The first kappa shape index (κ1) is 16.2. The number of pyridine rings is 1. The summed E-state index contributed by atoms with van der Waals surface area (Å²) in [5, 5.41) is 22.9. The van der Waals surface area contributed by atoms with E-state index in [1.807, 2.05) is 36.4 Å². The monoisotopic (exact) mass is 365 g/mol. The van der Waals surface area contributed by atoms with Crippen molar-refractivity contribution >= 4 is 28.6 Å². The van der Waals surface area contributed by atoms with Gasteiger partial charge in [-0.05, 0) is 12.1 Å². The van der Waals surface area contributed by atoms with E-state index in [9.17, 15) is 4.79 Å². The maximum absolute atomic E-state index is 11.2. The Morgan fingerprint density at radius 3 is 2.50 bits per heavy atom. The van der Waals surface area contributed by atoms with Crippen LogP contribution in [0.1, 0.15) is 0 Å². The molecule has 3 heterocycles. The molecule has 0 bridgehead atoms. The number of halogens is 1. The van der Waals surface area contributed by atoms with Crippen LogP contribution in [0.3, 0.4) is 0 Å². The topological polar surface area (TPSA) is 93.8 Å². The highest BCUT2D eigenvalue weighted by molar-refractivity contribution is 6.38. The van der Waals surface area contributed by atoms with E-state index in [4.69, 9.17) is 16.7 Å². The van der Waals surface area contributed by atoms with Gasteiger partial charge in [-0.1, -0.05) is 41.9 Å². The molecular weight excluding hydrogens is 354 g/mol. The van der Waals surface area contributed by atoms with Crippen LogP contribution in [0, 0.1) is 0 Å². The Morgan fingerprint density at radius 2 is 1.81 bits per heavy atom. The number of hydrogen-bond acceptors (Lipinski definition) is 5. The Bertz CT molecular complexity index is 1100. The molecule has 0 fully saturated rings. The van der Waals surface area contributed by atoms with Crippen LogP contribution in [0.4, 0.5) is 0 Å². The zero-order chi connectivity index (χ0) is 18.1. The maximum Gasteiger partial charge on any atom is 0.325 e. The average molecular weight is 366 g/mol. The lowest BCUT2D eigenvalue weighted by atomic mass is 10.1. The summed E-state index contributed by atoms with van der Waals surface area (Å²) in [6.45, 7) is -0.341. The van der Waals surface area contributed by atoms with Crippen molar-refractivity contribution in [2.45, 2.75) is 6.54 Å². The number of rotatable bonds is 4. The molecule has 0 radical (unpaired) electrons. The van der Waals surface area contributed by atoms with Crippen molar-refractivity contribution in [1.29, 1.82) is 0 Å². The Morgan fingerprint density at radius 1 is 1.04 bits per heavy atom. The molecule has 8 heteroatoms. The molecule has 0 aliphatic heterocycles. The first-order valence-electron chi connectivity index (χ1n) is 7.75. The van der Waals surface area contributed by atoms with E-state index in [0.29, 0.717) is 27.4 Å². The lowest BCUT2D eigenvalue weighted by Crippen LogP contribution is -2.11. The van der Waals surface area contributed by atoms with Gasteiger partial charge in [-0.25, -0.2) is 4.68 Å². The number of benzene rings is 1. The average Bonchev–Trinajstić information content (AvgIpc) is 3.02. The van der Waals surface area contributed by atoms with E-state index in [1.54, 1.807) is 18.5 Å². The van der Waals surface area contributed by atoms with Crippen molar-refractivity contribution in [1.82, 2.24) is 25.0 Å². The van der Waals surface area contributed by atoms with Gasteiger partial charge >= 0.3 is 5.97 Å². The summed E-state index contributed by atoms with van der Waals surface area (Å²) < 4.78 is 1.29. The predicted molar refractivity (Wildman–Crippen MR) is 96.6 cm³/mol. The Balaban J connectivity index is 2.02. The highest BCUT2D eigenvalue weighted by atomic mass is 35.5. The quantitative estimate of drug-likeness (QED) is 0.596. The third kappa shape index (κ3) is 2.78. The fraction of sp³-hybridized carbons (Fsp3) is 0.0556. The lowest BCUT2D eigenvalue weighted by Gasteiger charge is -2.05. The smallest absolute Gasteiger partial charge is 0.325 e. The number of aromatic nitrogens is 5. The van der Waals surface area contributed by atoms with Crippen LogP contribution >= 0.6 is 11.6 Å². The lowest BCUT2D eigenvalue weighted by molar-refractivity contribution is -0.137. The molecule has 7 nitrogen and oxygen atoms in total. The van der Waals surface area contributed by atoms with Gasteiger partial charge in [0.1, 0.15) is 17.9 Å². The molecule has 3 aromatic heterocycles. The molecule has 4 aromatic rings. The van der Waals surface area contributed by atoms with Crippen molar-refractivity contribution in [3.63, 3.8) is 0 Å². The van der Waals surface area contributed by atoms with Gasteiger partial charge in [0, 0.05) is 23.5 Å². The SMILES string of the molecule is O=C(O)Cn1nc(-c2cccnc2)c2c(Cl)c(-c3ccccc3)nnc21. The largest absolute Gasteiger partial charge is 0.480 e. The molecule has 0 saturated carbocycles. The fourth-order valence-corrected chi connectivity index (χ4v) is 3.06. The summed E-state index contributed by atoms with van der Waals surface area (Å²) in [6.07, 6.45) is 3.29. The molecule has 0 aliphatic carbocycles. The Labute approximate surface area is 152 Å². The summed E-state index contributed by atoms with van der Waals surface area (Å²) >= 11 is 6.66. The second kappa shape index (κ2) is 6.53. The first-order chi connectivity index (χ1) is 12.6. The molecule has 0 unspecified atom stereocenters. The maximum atomic E-state index is 11.2. The fourth-order valence-electron chi connectivity index (χ4n) is 2.74. The Hall–Kier alpha value is -3.32. The molecule has 1 aromatic carbocycles. The summed E-state index contributed by atoms with van der Waals surface area (Å²) in [5.41, 5.74) is 2.88. The van der Waals surface area contributed by atoms with Gasteiger partial charge in [-0.15, -0.1) is 10.2 Å². The second-order valence-corrected chi connectivity index (χ2v) is 5.95. The van der Waals surface area contributed by atoms with E-state index in [-0.39, 0.29) is 6.54 Å². The molecule has 0 aliphatic rings. The molecule has 0 spiro atoms. The molecule has 26 heavy (non-hydrogen) atoms. The number of fused-ring (bicyclic) bond motifs is 1. The van der Waals surface area contributed by atoms with Crippen LogP contribution in [0.5, 0.6) is 0 Å². The highest BCUT2D eigenvalue weighted by Gasteiger charge is 2.21. The van der Waals surface area contributed by atoms with Gasteiger partial charge < -0.3 is 5.11 Å². The van der Waals surface area contributed by atoms with Crippen molar-refractivity contribution in [3.05, 3.63) is 59.9 Å². The summed E-state index contributed by atoms with van der Waals surface area (Å²) in [5.74, 6) is -1.03. The Kier molecular flexibility index (Phi) is 4.06. The molecule has 0 amide bonds. The minimum atomic E-state index is -1.03. The van der Waals surface area contributed by atoms with E-state index >= 15 is 0 Å². The van der Waals surface area contributed by atoms with Gasteiger partial charge in [0.15, 0.2) is 5.65 Å². The van der Waals surface area contributed by atoms with Gasteiger partial charge in [-0.3, -0.25) is 9.78 Å². The zero-order valence-electron chi connectivity index (χ0n) is 13.4. The van der Waals surface area contributed by atoms with Crippen LogP contribution in [-0.4, -0.2) is 36.0 Å². The summed E-state index contributed by atoms with van der Waals surface area (Å²) in [4.78, 5) is 15.3. The van der Waals surface area contributed by atoms with E-state index in [0.717, 1.165) is 11.1 Å². The number of hydrogen-bond donors (Lipinski definition) is 1. The van der Waals surface area contributed by atoms with Crippen molar-refractivity contribution in [2.24, 2.45) is 0 Å². The van der Waals surface area contributed by atoms with Gasteiger partial charge in [0.25, 0.3) is 0 Å². The van der Waals surface area contributed by atoms with Crippen LogP contribution in [0.25, 0.3) is 33.5 Å². The van der Waals surface area contributed by atoms with Gasteiger partial charge in [0.2, 0.25) is 0 Å². The summed E-state index contributed by atoms with van der Waals surface area (Å²) in [7, 11) is 0. The molecule has 128 valence electrons. The molecule has 4 rings (SSSR count). The standard InChI is InChI=1S/C18H12ClN5O2/c19-15-14-16(12-7-4-8-20-9-12)23-24(10-13(25)26)18(14)22-21-17(15)11-5-2-1-3-6-11/h1-9H,10H2,(H,25,26). The first-order valence-corrected chi connectivity index (χ1v) is 8.13.